The van der Waals surface area contributed by atoms with Gasteiger partial charge >= 0.3 is 0 Å². The summed E-state index contributed by atoms with van der Waals surface area (Å²) in [6.07, 6.45) is 1.85. The van der Waals surface area contributed by atoms with E-state index in [-0.39, 0.29) is 77.9 Å². The minimum atomic E-state index is -0.485. The molecule has 6 nitrogen and oxygen atoms in total. The van der Waals surface area contributed by atoms with E-state index in [0.29, 0.717) is 23.0 Å². The molecule has 0 unspecified atom stereocenters. The van der Waals surface area contributed by atoms with Crippen LogP contribution in [0.15, 0.2) is 182 Å². The predicted molar refractivity (Wildman–Crippen MR) is 300 cm³/mol. The molecule has 0 atom stereocenters. The average molecular weight is 1140 g/mol. The van der Waals surface area contributed by atoms with Crippen molar-refractivity contribution in [2.24, 2.45) is 0 Å². The Bertz CT molecular complexity index is 4290. The molecular formula is C66H58N5OPt-3. The maximum absolute atomic E-state index is 9.08. The first-order chi connectivity index (χ1) is 37.9. The Labute approximate surface area is 455 Å². The van der Waals surface area contributed by atoms with E-state index < -0.39 is 29.6 Å². The van der Waals surface area contributed by atoms with Gasteiger partial charge in [0.2, 0.25) is 0 Å². The van der Waals surface area contributed by atoms with Crippen LogP contribution in [0.1, 0.15) is 90.0 Å². The summed E-state index contributed by atoms with van der Waals surface area (Å²) in [6, 6.07) is 46.8. The van der Waals surface area contributed by atoms with Crippen LogP contribution in [0.3, 0.4) is 0 Å². The largest absolute Gasteiger partial charge is 0.509 e. The summed E-state index contributed by atoms with van der Waals surface area (Å²) >= 11 is 0. The Morgan fingerprint density at radius 2 is 1.15 bits per heavy atom. The summed E-state index contributed by atoms with van der Waals surface area (Å²) in [5, 5.41) is 2.05. The molecule has 0 radical (unpaired) electrons. The monoisotopic (exact) mass is 1140 g/mol. The van der Waals surface area contributed by atoms with Crippen LogP contribution in [0.5, 0.6) is 11.5 Å². The number of anilines is 4. The normalized spacial score (nSPS) is 14.6. The van der Waals surface area contributed by atoms with E-state index >= 15 is 0 Å². The molecule has 366 valence electrons. The van der Waals surface area contributed by atoms with Crippen LogP contribution >= 0.6 is 0 Å². The van der Waals surface area contributed by atoms with Crippen LogP contribution in [0.2, 0.25) is 0 Å². The van der Waals surface area contributed by atoms with Crippen molar-refractivity contribution in [3.8, 4) is 34.1 Å². The van der Waals surface area contributed by atoms with Gasteiger partial charge < -0.3 is 23.7 Å². The Morgan fingerprint density at radius 3 is 1.84 bits per heavy atom. The molecule has 0 saturated heterocycles. The van der Waals surface area contributed by atoms with E-state index in [1.54, 1.807) is 6.07 Å². The molecule has 0 fully saturated rings. The third kappa shape index (κ3) is 8.50. The predicted octanol–water partition coefficient (Wildman–Crippen LogP) is 17.6. The molecule has 8 aromatic carbocycles. The third-order valence-corrected chi connectivity index (χ3v) is 13.7. The quantitative estimate of drug-likeness (QED) is 0.149. The molecule has 1 aliphatic rings. The minimum absolute atomic E-state index is 0. The van der Waals surface area contributed by atoms with Gasteiger partial charge in [0.15, 0.2) is 0 Å². The van der Waals surface area contributed by atoms with E-state index in [1.165, 1.54) is 15.7 Å². The van der Waals surface area contributed by atoms with Crippen molar-refractivity contribution >= 4 is 66.4 Å². The summed E-state index contributed by atoms with van der Waals surface area (Å²) in [7, 11) is 0. The van der Waals surface area contributed by atoms with Crippen molar-refractivity contribution < 1.29 is 36.8 Å². The number of rotatable bonds is 7. The zero-order chi connectivity index (χ0) is 56.6. The van der Waals surface area contributed by atoms with Crippen LogP contribution in [0.4, 0.5) is 22.7 Å². The smallest absolute Gasteiger partial charge is 0.135 e. The molecule has 0 amide bonds. The molecule has 12 rings (SSSR count). The molecule has 4 heterocycles. The standard InChI is InChI=1S/C66H58N5O.Pt/c1-64(2,3)44-35-45(65(4,5)6)37-48(36-44)69-42-68(60-30-16-17-31-61(60)69)46-21-19-23-49(38-46)72-50-32-33-54-53-26-12-15-29-59(53)71(62(54)39-50)63-40-56(66(7,8)9)55(41-67-63)43-20-18-22-47(34-43)70-57-27-13-10-24-51(57)52-25-11-14-28-58(52)70;/h10-37,40-42H,1-9H3;/q-3;/i10D,11D,13D,14D,24D,25D,27D,28D;. The van der Waals surface area contributed by atoms with Gasteiger partial charge in [0.05, 0.1) is 22.0 Å². The van der Waals surface area contributed by atoms with Crippen molar-refractivity contribution in [3.05, 3.63) is 217 Å². The molecule has 0 spiro atoms. The Balaban J connectivity index is 0.00000690. The van der Waals surface area contributed by atoms with Gasteiger partial charge in [0.25, 0.3) is 0 Å². The van der Waals surface area contributed by atoms with Crippen LogP contribution in [-0.2, 0) is 37.3 Å². The van der Waals surface area contributed by atoms with Gasteiger partial charge in [-0.2, -0.15) is 12.1 Å². The van der Waals surface area contributed by atoms with Gasteiger partial charge in [-0.25, -0.2) is 4.98 Å². The number of ether oxygens (including phenoxy) is 1. The van der Waals surface area contributed by atoms with Gasteiger partial charge in [-0.05, 0) is 105 Å². The molecular weight excluding hydrogens is 1070 g/mol. The number of pyridine rings is 1. The average Bonchev–Trinajstić information content (AvgIpc) is 2.26. The van der Waals surface area contributed by atoms with Gasteiger partial charge in [0, 0.05) is 83.4 Å². The maximum Gasteiger partial charge on any atom is 0.135 e. The number of fused-ring (bicyclic) bond motifs is 7. The van der Waals surface area contributed by atoms with Crippen molar-refractivity contribution in [2.45, 2.75) is 78.6 Å². The molecule has 0 saturated carbocycles. The number of hydrogen-bond donors (Lipinski definition) is 0. The second-order valence-electron chi connectivity index (χ2n) is 21.7. The molecule has 0 bridgehead atoms. The second kappa shape index (κ2) is 18.0. The summed E-state index contributed by atoms with van der Waals surface area (Å²) < 4.78 is 80.6. The first-order valence-electron chi connectivity index (χ1n) is 28.4. The molecule has 11 aromatic rings. The fourth-order valence-electron chi connectivity index (χ4n) is 9.96. The molecule has 3 aromatic heterocycles. The Morgan fingerprint density at radius 1 is 0.521 bits per heavy atom. The molecule has 7 heteroatoms. The SMILES string of the molecule is [2H]c1c([2H])c([2H])c2c(c1[2H])c1c([2H])c([2H])c([2H])c([2H])c1n2-c1cccc(-c2cnc(-n3c4[c-]c(Oc5[c-]c(N6[CH-]N(c7cc(C(C)(C)C)cc(C(C)(C)C)c7)c7ccccc76)ccc5)ccc4c4ccccc43)cc2C(C)(C)C)c1.[Pt]. The Hall–Kier alpha value is -7.40. The molecule has 1 aliphatic heterocycles. The van der Waals surface area contributed by atoms with Gasteiger partial charge in [0.1, 0.15) is 5.82 Å². The van der Waals surface area contributed by atoms with Crippen molar-refractivity contribution in [3.63, 3.8) is 0 Å². The first kappa shape index (κ1) is 39.2. The topological polar surface area (TPSA) is 38.5 Å². The van der Waals surface area contributed by atoms with E-state index in [0.717, 1.165) is 61.2 Å². The van der Waals surface area contributed by atoms with Crippen molar-refractivity contribution in [2.75, 3.05) is 9.80 Å². The van der Waals surface area contributed by atoms with E-state index in [9.17, 15) is 0 Å². The van der Waals surface area contributed by atoms with Crippen LogP contribution < -0.4 is 14.5 Å². The van der Waals surface area contributed by atoms with Crippen LogP contribution in [0.25, 0.3) is 66.2 Å². The summed E-state index contributed by atoms with van der Waals surface area (Å²) in [6.45, 7) is 22.1. The van der Waals surface area contributed by atoms with Gasteiger partial charge in [-0.15, -0.1) is 48.1 Å². The number of hydrogen-bond acceptors (Lipinski definition) is 4. The van der Waals surface area contributed by atoms with Crippen molar-refractivity contribution in [1.29, 1.82) is 0 Å². The maximum atomic E-state index is 9.08. The van der Waals surface area contributed by atoms with E-state index in [4.69, 9.17) is 20.7 Å². The number of para-hydroxylation sites is 5. The number of aromatic nitrogens is 3. The molecule has 0 N–H and O–H groups in total. The third-order valence-electron chi connectivity index (χ3n) is 13.7. The zero-order valence-corrected chi connectivity index (χ0v) is 44.5. The minimum Gasteiger partial charge on any atom is -0.509 e. The van der Waals surface area contributed by atoms with Gasteiger partial charge in [-0.1, -0.05) is 153 Å². The van der Waals surface area contributed by atoms with Crippen LogP contribution in [0, 0.1) is 18.8 Å². The fraction of sp³-hybridized carbons (Fsp3) is 0.182. The zero-order valence-electron chi connectivity index (χ0n) is 50.2. The summed E-state index contributed by atoms with van der Waals surface area (Å²) in [4.78, 5) is 9.60. The number of benzene rings is 8. The Kier molecular flexibility index (Phi) is 9.64. The summed E-state index contributed by atoms with van der Waals surface area (Å²) in [5.41, 5.74) is 10.8. The van der Waals surface area contributed by atoms with E-state index in [2.05, 4.69) is 162 Å². The summed E-state index contributed by atoms with van der Waals surface area (Å²) in [5.74, 6) is 1.68. The van der Waals surface area contributed by atoms with Gasteiger partial charge in [-0.3, -0.25) is 0 Å². The molecule has 73 heavy (non-hydrogen) atoms. The van der Waals surface area contributed by atoms with Crippen molar-refractivity contribution in [1.82, 2.24) is 14.1 Å². The molecule has 0 aliphatic carbocycles. The second-order valence-corrected chi connectivity index (χ2v) is 21.7. The van der Waals surface area contributed by atoms with E-state index in [1.807, 2.05) is 60.8 Å². The fourth-order valence-corrected chi connectivity index (χ4v) is 9.96. The number of nitrogens with zero attached hydrogens (tertiary/aromatic N) is 5. The van der Waals surface area contributed by atoms with Crippen LogP contribution in [-0.4, -0.2) is 14.1 Å². The first-order valence-corrected chi connectivity index (χ1v) is 24.4.